The van der Waals surface area contributed by atoms with Gasteiger partial charge in [-0.3, -0.25) is 9.59 Å². The van der Waals surface area contributed by atoms with Gasteiger partial charge in [0.15, 0.2) is 0 Å². The van der Waals surface area contributed by atoms with E-state index in [1.54, 1.807) is 4.90 Å². The van der Waals surface area contributed by atoms with Crippen molar-refractivity contribution in [2.45, 2.75) is 53.1 Å². The number of rotatable bonds is 2. The van der Waals surface area contributed by atoms with Crippen molar-refractivity contribution < 1.29 is 9.59 Å². The van der Waals surface area contributed by atoms with E-state index in [0.29, 0.717) is 13.0 Å². The Hall–Kier alpha value is -1.32. The van der Waals surface area contributed by atoms with Crippen molar-refractivity contribution in [2.75, 3.05) is 6.54 Å². The van der Waals surface area contributed by atoms with E-state index in [-0.39, 0.29) is 23.3 Å². The Balaban J connectivity index is 3.01. The SMILES string of the molecule is C/C=C/CN1C(=O)C(C(C)(C)C)NC(=O)CC1C. The van der Waals surface area contributed by atoms with Gasteiger partial charge in [-0.25, -0.2) is 0 Å². The zero-order valence-corrected chi connectivity index (χ0v) is 12.0. The predicted molar refractivity (Wildman–Crippen MR) is 72.0 cm³/mol. The van der Waals surface area contributed by atoms with Crippen LogP contribution < -0.4 is 5.32 Å². The van der Waals surface area contributed by atoms with Crippen LogP contribution >= 0.6 is 0 Å². The highest BCUT2D eigenvalue weighted by atomic mass is 16.2. The third-order valence-corrected chi connectivity index (χ3v) is 3.25. The Morgan fingerprint density at radius 1 is 1.39 bits per heavy atom. The molecule has 2 unspecified atom stereocenters. The van der Waals surface area contributed by atoms with E-state index in [2.05, 4.69) is 5.32 Å². The van der Waals surface area contributed by atoms with Gasteiger partial charge < -0.3 is 10.2 Å². The van der Waals surface area contributed by atoms with Crippen LogP contribution in [-0.4, -0.2) is 35.3 Å². The lowest BCUT2D eigenvalue weighted by molar-refractivity contribution is -0.137. The van der Waals surface area contributed by atoms with Crippen LogP contribution in [0.2, 0.25) is 0 Å². The van der Waals surface area contributed by atoms with Gasteiger partial charge in [-0.1, -0.05) is 32.9 Å². The van der Waals surface area contributed by atoms with Gasteiger partial charge in [-0.15, -0.1) is 0 Å². The minimum absolute atomic E-state index is 0.0129. The molecule has 0 radical (unpaired) electrons. The van der Waals surface area contributed by atoms with Crippen molar-refractivity contribution in [3.05, 3.63) is 12.2 Å². The first-order valence-corrected chi connectivity index (χ1v) is 6.48. The molecule has 0 aromatic heterocycles. The fourth-order valence-electron chi connectivity index (χ4n) is 2.12. The average molecular weight is 252 g/mol. The second kappa shape index (κ2) is 5.55. The molecule has 1 heterocycles. The Kier molecular flexibility index (Phi) is 4.54. The number of allylic oxidation sites excluding steroid dienone is 1. The Labute approximate surface area is 109 Å². The van der Waals surface area contributed by atoms with Crippen LogP contribution in [0.15, 0.2) is 12.2 Å². The minimum atomic E-state index is -0.444. The molecule has 0 aliphatic carbocycles. The fourth-order valence-corrected chi connectivity index (χ4v) is 2.12. The molecule has 1 rings (SSSR count). The molecule has 18 heavy (non-hydrogen) atoms. The fraction of sp³-hybridized carbons (Fsp3) is 0.714. The lowest BCUT2D eigenvalue weighted by atomic mass is 9.86. The number of hydrogen-bond donors (Lipinski definition) is 1. The van der Waals surface area contributed by atoms with Crippen LogP contribution in [0.5, 0.6) is 0 Å². The summed E-state index contributed by atoms with van der Waals surface area (Å²) in [7, 11) is 0. The molecule has 1 aliphatic heterocycles. The maximum absolute atomic E-state index is 12.5. The van der Waals surface area contributed by atoms with Gasteiger partial charge in [0, 0.05) is 19.0 Å². The van der Waals surface area contributed by atoms with Crippen LogP contribution in [0.4, 0.5) is 0 Å². The van der Waals surface area contributed by atoms with Crippen LogP contribution in [0.1, 0.15) is 41.0 Å². The van der Waals surface area contributed by atoms with Gasteiger partial charge in [-0.05, 0) is 19.3 Å². The largest absolute Gasteiger partial charge is 0.344 e. The molecule has 1 saturated heterocycles. The first kappa shape index (κ1) is 14.7. The summed E-state index contributed by atoms with van der Waals surface area (Å²) in [5.74, 6) is -0.0299. The second-order valence-corrected chi connectivity index (χ2v) is 5.98. The molecule has 0 spiro atoms. The van der Waals surface area contributed by atoms with Crippen molar-refractivity contribution >= 4 is 11.8 Å². The van der Waals surface area contributed by atoms with Crippen molar-refractivity contribution in [1.29, 1.82) is 0 Å². The normalized spacial score (nSPS) is 26.4. The Morgan fingerprint density at radius 3 is 2.50 bits per heavy atom. The number of carbonyl (C=O) groups excluding carboxylic acids is 2. The first-order valence-electron chi connectivity index (χ1n) is 6.48. The van der Waals surface area contributed by atoms with E-state index in [4.69, 9.17) is 0 Å². The highest BCUT2D eigenvalue weighted by molar-refractivity contribution is 5.91. The molecule has 0 bridgehead atoms. The lowest BCUT2D eigenvalue weighted by Gasteiger charge is -2.33. The van der Waals surface area contributed by atoms with E-state index >= 15 is 0 Å². The average Bonchev–Trinajstić information content (AvgIpc) is 2.33. The molecular formula is C14H24N2O2. The van der Waals surface area contributed by atoms with Gasteiger partial charge in [-0.2, -0.15) is 0 Å². The molecule has 1 N–H and O–H groups in total. The number of nitrogens with one attached hydrogen (secondary N) is 1. The quantitative estimate of drug-likeness (QED) is 0.761. The van der Waals surface area contributed by atoms with E-state index in [1.165, 1.54) is 0 Å². The van der Waals surface area contributed by atoms with Crippen LogP contribution in [-0.2, 0) is 9.59 Å². The third-order valence-electron chi connectivity index (χ3n) is 3.25. The smallest absolute Gasteiger partial charge is 0.246 e. The Bertz CT molecular complexity index is 355. The molecule has 1 fully saturated rings. The molecule has 102 valence electrons. The van der Waals surface area contributed by atoms with Crippen molar-refractivity contribution in [2.24, 2.45) is 5.41 Å². The zero-order valence-electron chi connectivity index (χ0n) is 12.0. The van der Waals surface area contributed by atoms with Crippen LogP contribution in [0, 0.1) is 5.41 Å². The van der Waals surface area contributed by atoms with Gasteiger partial charge in [0.05, 0.1) is 0 Å². The molecule has 0 saturated carbocycles. The summed E-state index contributed by atoms with van der Waals surface area (Å²) in [6, 6.07) is -0.499. The van der Waals surface area contributed by atoms with E-state index < -0.39 is 6.04 Å². The summed E-state index contributed by atoms with van der Waals surface area (Å²) >= 11 is 0. The monoisotopic (exact) mass is 252 g/mol. The number of amides is 2. The van der Waals surface area contributed by atoms with Gasteiger partial charge >= 0.3 is 0 Å². The second-order valence-electron chi connectivity index (χ2n) is 5.98. The summed E-state index contributed by atoms with van der Waals surface area (Å²) in [5.41, 5.74) is -0.273. The molecule has 4 nitrogen and oxygen atoms in total. The summed E-state index contributed by atoms with van der Waals surface area (Å²) in [4.78, 5) is 26.1. The molecule has 0 aromatic rings. The molecule has 2 amide bonds. The summed E-state index contributed by atoms with van der Waals surface area (Å²) in [6.07, 6.45) is 4.24. The van der Waals surface area contributed by atoms with E-state index in [0.717, 1.165) is 0 Å². The Morgan fingerprint density at radius 2 is 2.00 bits per heavy atom. The number of nitrogens with zero attached hydrogens (tertiary/aromatic N) is 1. The first-order chi connectivity index (χ1) is 8.27. The third kappa shape index (κ3) is 3.34. The molecule has 2 atom stereocenters. The summed E-state index contributed by atoms with van der Waals surface area (Å²) in [5, 5.41) is 2.85. The lowest BCUT2D eigenvalue weighted by Crippen LogP contribution is -2.52. The van der Waals surface area contributed by atoms with Crippen LogP contribution in [0.25, 0.3) is 0 Å². The standard InChI is InChI=1S/C14H24N2O2/c1-6-7-8-16-10(2)9-11(17)15-12(13(16)18)14(3,4)5/h6-7,10,12H,8-9H2,1-5H3,(H,15,17)/b7-6+. The minimum Gasteiger partial charge on any atom is -0.344 e. The van der Waals surface area contributed by atoms with Gasteiger partial charge in [0.1, 0.15) is 6.04 Å². The molecule has 4 heteroatoms. The highest BCUT2D eigenvalue weighted by Crippen LogP contribution is 2.24. The maximum atomic E-state index is 12.5. The van der Waals surface area contributed by atoms with E-state index in [9.17, 15) is 9.59 Å². The number of carbonyl (C=O) groups is 2. The maximum Gasteiger partial charge on any atom is 0.246 e. The molecule has 0 aromatic carbocycles. The van der Waals surface area contributed by atoms with Gasteiger partial charge in [0.2, 0.25) is 11.8 Å². The van der Waals surface area contributed by atoms with Crippen molar-refractivity contribution in [3.63, 3.8) is 0 Å². The molecular weight excluding hydrogens is 228 g/mol. The van der Waals surface area contributed by atoms with Crippen molar-refractivity contribution in [3.8, 4) is 0 Å². The summed E-state index contributed by atoms with van der Waals surface area (Å²) in [6.45, 7) is 10.3. The number of hydrogen-bond acceptors (Lipinski definition) is 2. The predicted octanol–water partition coefficient (Wildman–Crippen LogP) is 1.71. The van der Waals surface area contributed by atoms with E-state index in [1.807, 2.05) is 46.8 Å². The zero-order chi connectivity index (χ0) is 13.9. The summed E-state index contributed by atoms with van der Waals surface area (Å²) < 4.78 is 0. The van der Waals surface area contributed by atoms with Crippen LogP contribution in [0.3, 0.4) is 0 Å². The highest BCUT2D eigenvalue weighted by Gasteiger charge is 2.39. The van der Waals surface area contributed by atoms with Gasteiger partial charge in [0.25, 0.3) is 0 Å². The van der Waals surface area contributed by atoms with Crippen molar-refractivity contribution in [1.82, 2.24) is 10.2 Å². The molecule has 1 aliphatic rings. The topological polar surface area (TPSA) is 49.4 Å².